The minimum absolute atomic E-state index is 0.166. The number of benzene rings is 1. The van der Waals surface area contributed by atoms with E-state index in [9.17, 15) is 13.2 Å². The summed E-state index contributed by atoms with van der Waals surface area (Å²) in [5, 5.41) is 8.66. The second-order valence-corrected chi connectivity index (χ2v) is 7.83. The number of nitrogens with zero attached hydrogens (tertiary/aromatic N) is 1. The SMILES string of the molecule is COc1cc(C)c(S(=O)(=O)N2CCC(OCC(=O)O)C2)c(C)c1C. The summed E-state index contributed by atoms with van der Waals surface area (Å²) in [5.74, 6) is -0.401. The van der Waals surface area contributed by atoms with Gasteiger partial charge in [-0.25, -0.2) is 13.2 Å². The van der Waals surface area contributed by atoms with Gasteiger partial charge in [-0.2, -0.15) is 4.31 Å². The zero-order valence-corrected chi connectivity index (χ0v) is 15.1. The van der Waals surface area contributed by atoms with Crippen LogP contribution in [0.3, 0.4) is 0 Å². The number of sulfonamides is 1. The van der Waals surface area contributed by atoms with Crippen molar-refractivity contribution in [2.75, 3.05) is 26.8 Å². The molecule has 24 heavy (non-hydrogen) atoms. The maximum atomic E-state index is 13.0. The van der Waals surface area contributed by atoms with E-state index in [4.69, 9.17) is 14.6 Å². The summed E-state index contributed by atoms with van der Waals surface area (Å²) >= 11 is 0. The molecule has 8 heteroatoms. The Morgan fingerprint density at radius 3 is 2.58 bits per heavy atom. The van der Waals surface area contributed by atoms with Crippen molar-refractivity contribution in [3.63, 3.8) is 0 Å². The van der Waals surface area contributed by atoms with E-state index in [-0.39, 0.29) is 6.54 Å². The fourth-order valence-electron chi connectivity index (χ4n) is 3.00. The highest BCUT2D eigenvalue weighted by Gasteiger charge is 2.35. The normalized spacial score (nSPS) is 18.8. The zero-order chi connectivity index (χ0) is 18.1. The number of aryl methyl sites for hydroxylation is 1. The maximum Gasteiger partial charge on any atom is 0.329 e. The highest BCUT2D eigenvalue weighted by molar-refractivity contribution is 7.89. The first-order valence-corrected chi connectivity index (χ1v) is 9.10. The van der Waals surface area contributed by atoms with Gasteiger partial charge in [-0.3, -0.25) is 0 Å². The van der Waals surface area contributed by atoms with Gasteiger partial charge in [0.15, 0.2) is 0 Å². The number of ether oxygens (including phenoxy) is 2. The fourth-order valence-corrected chi connectivity index (χ4v) is 4.97. The molecule has 1 saturated heterocycles. The molecule has 1 aromatic rings. The Balaban J connectivity index is 2.29. The smallest absolute Gasteiger partial charge is 0.329 e. The fraction of sp³-hybridized carbons (Fsp3) is 0.562. The summed E-state index contributed by atoms with van der Waals surface area (Å²) < 4.78 is 37.9. The van der Waals surface area contributed by atoms with Gasteiger partial charge in [-0.05, 0) is 49.9 Å². The van der Waals surface area contributed by atoms with Gasteiger partial charge in [-0.1, -0.05) is 0 Å². The third-order valence-corrected chi connectivity index (χ3v) is 6.50. The first-order chi connectivity index (χ1) is 11.2. The van der Waals surface area contributed by atoms with Crippen LogP contribution in [0.2, 0.25) is 0 Å². The van der Waals surface area contributed by atoms with E-state index in [0.717, 1.165) is 5.56 Å². The van der Waals surface area contributed by atoms with Gasteiger partial charge in [-0.15, -0.1) is 0 Å². The second kappa shape index (κ2) is 7.08. The van der Waals surface area contributed by atoms with Crippen LogP contribution in [0, 0.1) is 20.8 Å². The van der Waals surface area contributed by atoms with Gasteiger partial charge in [0.2, 0.25) is 10.0 Å². The van der Waals surface area contributed by atoms with Crippen molar-refractivity contribution in [2.24, 2.45) is 0 Å². The lowest BCUT2D eigenvalue weighted by Gasteiger charge is -2.21. The van der Waals surface area contributed by atoms with E-state index in [1.165, 1.54) is 4.31 Å². The van der Waals surface area contributed by atoms with Crippen molar-refractivity contribution in [3.05, 3.63) is 22.8 Å². The average molecular weight is 357 g/mol. The quantitative estimate of drug-likeness (QED) is 0.829. The minimum atomic E-state index is -3.67. The minimum Gasteiger partial charge on any atom is -0.496 e. The van der Waals surface area contributed by atoms with E-state index in [1.807, 2.05) is 6.92 Å². The van der Waals surface area contributed by atoms with Crippen molar-refractivity contribution in [1.29, 1.82) is 0 Å². The molecule has 1 heterocycles. The van der Waals surface area contributed by atoms with Crippen LogP contribution in [0.5, 0.6) is 5.75 Å². The van der Waals surface area contributed by atoms with E-state index >= 15 is 0 Å². The van der Waals surface area contributed by atoms with Crippen molar-refractivity contribution in [2.45, 2.75) is 38.2 Å². The molecule has 0 aromatic heterocycles. The number of carboxylic acid groups (broad SMARTS) is 1. The van der Waals surface area contributed by atoms with Crippen LogP contribution in [-0.4, -0.2) is 56.7 Å². The molecule has 0 bridgehead atoms. The van der Waals surface area contributed by atoms with Crippen LogP contribution in [-0.2, 0) is 19.6 Å². The molecule has 1 unspecified atom stereocenters. The Bertz CT molecular complexity index is 743. The molecule has 1 aromatic carbocycles. The summed E-state index contributed by atoms with van der Waals surface area (Å²) in [4.78, 5) is 10.9. The summed E-state index contributed by atoms with van der Waals surface area (Å²) in [6.07, 6.45) is 0.0931. The molecule has 2 rings (SSSR count). The van der Waals surface area contributed by atoms with Crippen molar-refractivity contribution in [1.82, 2.24) is 4.31 Å². The van der Waals surface area contributed by atoms with Crippen molar-refractivity contribution >= 4 is 16.0 Å². The number of methoxy groups -OCH3 is 1. The third-order valence-electron chi connectivity index (χ3n) is 4.35. The predicted molar refractivity (Wildman–Crippen MR) is 88.0 cm³/mol. The molecule has 7 nitrogen and oxygen atoms in total. The number of carbonyl (C=O) groups is 1. The maximum absolute atomic E-state index is 13.0. The molecule has 1 fully saturated rings. The Morgan fingerprint density at radius 1 is 1.33 bits per heavy atom. The summed E-state index contributed by atoms with van der Waals surface area (Å²) in [7, 11) is -2.11. The topological polar surface area (TPSA) is 93.1 Å². The largest absolute Gasteiger partial charge is 0.496 e. The highest BCUT2D eigenvalue weighted by Crippen LogP contribution is 2.33. The Hall–Kier alpha value is -1.64. The Labute approximate surface area is 142 Å². The molecule has 1 N–H and O–H groups in total. The lowest BCUT2D eigenvalue weighted by molar-refractivity contribution is -0.144. The van der Waals surface area contributed by atoms with Crippen molar-refractivity contribution < 1.29 is 27.8 Å². The highest BCUT2D eigenvalue weighted by atomic mass is 32.2. The van der Waals surface area contributed by atoms with Crippen LogP contribution >= 0.6 is 0 Å². The lowest BCUT2D eigenvalue weighted by Crippen LogP contribution is -2.32. The second-order valence-electron chi connectivity index (χ2n) is 5.95. The summed E-state index contributed by atoms with van der Waals surface area (Å²) in [6.45, 7) is 5.41. The Kier molecular flexibility index (Phi) is 5.52. The monoisotopic (exact) mass is 357 g/mol. The van der Waals surface area contributed by atoms with Crippen molar-refractivity contribution in [3.8, 4) is 5.75 Å². The standard InChI is InChI=1S/C16H23NO6S/c1-10-7-14(22-4)11(2)12(3)16(10)24(20,21)17-6-5-13(8-17)23-9-15(18)19/h7,13H,5-6,8-9H2,1-4H3,(H,18,19). The van der Waals surface area contributed by atoms with E-state index in [1.54, 1.807) is 27.0 Å². The van der Waals surface area contributed by atoms with Gasteiger partial charge in [0, 0.05) is 13.1 Å². The van der Waals surface area contributed by atoms with E-state index in [0.29, 0.717) is 34.7 Å². The van der Waals surface area contributed by atoms with Gasteiger partial charge in [0.05, 0.1) is 18.1 Å². The molecule has 1 aliphatic heterocycles. The van der Waals surface area contributed by atoms with Gasteiger partial charge < -0.3 is 14.6 Å². The predicted octanol–water partition coefficient (Wildman–Crippen LogP) is 1.48. The molecule has 0 aliphatic carbocycles. The number of rotatable bonds is 6. The van der Waals surface area contributed by atoms with Gasteiger partial charge in [0.1, 0.15) is 12.4 Å². The molecule has 134 valence electrons. The van der Waals surface area contributed by atoms with Gasteiger partial charge >= 0.3 is 5.97 Å². The molecular formula is C16H23NO6S. The summed E-state index contributed by atoms with van der Waals surface area (Å²) in [6, 6.07) is 1.73. The van der Waals surface area contributed by atoms with Crippen LogP contribution < -0.4 is 4.74 Å². The zero-order valence-electron chi connectivity index (χ0n) is 14.3. The Morgan fingerprint density at radius 2 is 2.00 bits per heavy atom. The molecule has 0 spiro atoms. The molecular weight excluding hydrogens is 334 g/mol. The molecule has 0 saturated carbocycles. The van der Waals surface area contributed by atoms with Gasteiger partial charge in [0.25, 0.3) is 0 Å². The van der Waals surface area contributed by atoms with E-state index < -0.39 is 28.7 Å². The van der Waals surface area contributed by atoms with Crippen LogP contribution in [0.4, 0.5) is 0 Å². The lowest BCUT2D eigenvalue weighted by atomic mass is 10.1. The molecule has 1 atom stereocenters. The first-order valence-electron chi connectivity index (χ1n) is 7.66. The number of hydrogen-bond donors (Lipinski definition) is 1. The summed E-state index contributed by atoms with van der Waals surface area (Å²) in [5.41, 5.74) is 2.09. The van der Waals surface area contributed by atoms with E-state index in [2.05, 4.69) is 0 Å². The third kappa shape index (κ3) is 3.55. The number of hydrogen-bond acceptors (Lipinski definition) is 5. The van der Waals surface area contributed by atoms with Crippen LogP contribution in [0.25, 0.3) is 0 Å². The number of carboxylic acids is 1. The van der Waals surface area contributed by atoms with Crippen LogP contribution in [0.15, 0.2) is 11.0 Å². The average Bonchev–Trinajstić information content (AvgIpc) is 2.98. The molecule has 0 radical (unpaired) electrons. The first kappa shape index (κ1) is 18.7. The molecule has 0 amide bonds. The molecule has 1 aliphatic rings. The number of aliphatic carboxylic acids is 1. The van der Waals surface area contributed by atoms with Crippen LogP contribution in [0.1, 0.15) is 23.1 Å².